The van der Waals surface area contributed by atoms with E-state index in [0.717, 1.165) is 89.9 Å². The molecule has 3 rings (SSSR count). The molecule has 6 nitrogen and oxygen atoms in total. The number of nitrogens with zero attached hydrogens (tertiary/aromatic N) is 2. The van der Waals surface area contributed by atoms with Gasteiger partial charge in [0.05, 0.1) is 37.4 Å². The van der Waals surface area contributed by atoms with Crippen LogP contribution in [0.3, 0.4) is 0 Å². The Bertz CT molecular complexity index is 708. The number of halogens is 1. The first-order valence-corrected chi connectivity index (χ1v) is 18.2. The van der Waals surface area contributed by atoms with Crippen LogP contribution in [0.25, 0.3) is 0 Å². The fraction of sp³-hybridized carbons (Fsp3) is 0.794. The van der Waals surface area contributed by atoms with Gasteiger partial charge in [-0.25, -0.2) is 4.67 Å². The number of hydrogen-bond donors (Lipinski definition) is 2. The molecule has 0 fully saturated rings. The molecule has 3 aliphatic rings. The summed E-state index contributed by atoms with van der Waals surface area (Å²) in [5, 5.41) is 27.1. The second-order valence-electron chi connectivity index (χ2n) is 11.5. The molecule has 0 saturated carbocycles. The van der Waals surface area contributed by atoms with Gasteiger partial charge in [-0.05, 0) is 124 Å². The van der Waals surface area contributed by atoms with E-state index in [1.54, 1.807) is 0 Å². The molecule has 0 aromatic rings. The van der Waals surface area contributed by atoms with Crippen LogP contribution in [0.1, 0.15) is 130 Å². The van der Waals surface area contributed by atoms with Crippen LogP contribution >= 0.6 is 20.1 Å². The highest BCUT2D eigenvalue weighted by Crippen LogP contribution is 2.48. The highest BCUT2D eigenvalue weighted by Gasteiger charge is 2.29. The van der Waals surface area contributed by atoms with E-state index >= 15 is 0 Å². The maximum absolute atomic E-state index is 9.18. The van der Waals surface area contributed by atoms with Gasteiger partial charge in [-0.2, -0.15) is 5.26 Å². The summed E-state index contributed by atoms with van der Waals surface area (Å²) < 4.78 is 14.7. The summed E-state index contributed by atoms with van der Waals surface area (Å²) in [5.41, 5.74) is 0. The van der Waals surface area contributed by atoms with Crippen molar-refractivity contribution < 1.29 is 19.3 Å². The molecule has 42 heavy (non-hydrogen) atoms. The third kappa shape index (κ3) is 22.7. The van der Waals surface area contributed by atoms with Crippen LogP contribution in [0.5, 0.6) is 0 Å². The van der Waals surface area contributed by atoms with Crippen molar-refractivity contribution in [1.29, 1.82) is 5.26 Å². The fourth-order valence-electron chi connectivity index (χ4n) is 4.93. The first-order chi connectivity index (χ1) is 20.3. The van der Waals surface area contributed by atoms with Gasteiger partial charge in [0.1, 0.15) is 0 Å². The summed E-state index contributed by atoms with van der Waals surface area (Å²) in [6.45, 7) is 9.14. The second kappa shape index (κ2) is 29.0. The van der Waals surface area contributed by atoms with E-state index in [1.807, 2.05) is 0 Å². The molecular weight excluding hydrogens is 567 g/mol. The minimum atomic E-state index is -1.10. The molecule has 3 aliphatic carbocycles. The molecule has 0 radical (unpaired) electrons. The predicted octanol–water partition coefficient (Wildman–Crippen LogP) is 9.76. The lowest BCUT2D eigenvalue weighted by molar-refractivity contribution is 0.120. The van der Waals surface area contributed by atoms with E-state index in [2.05, 4.69) is 86.5 Å². The molecule has 244 valence electrons. The molecule has 0 saturated heterocycles. The van der Waals surface area contributed by atoms with Crippen LogP contribution in [0.2, 0.25) is 0 Å². The van der Waals surface area contributed by atoms with Crippen molar-refractivity contribution in [2.45, 2.75) is 161 Å². The van der Waals surface area contributed by atoms with Crippen molar-refractivity contribution in [2.24, 2.45) is 0 Å². The highest BCUT2D eigenvalue weighted by molar-refractivity contribution is 7.44. The molecule has 4 atom stereocenters. The molecule has 0 spiro atoms. The van der Waals surface area contributed by atoms with Crippen molar-refractivity contribution in [3.63, 3.8) is 0 Å². The zero-order chi connectivity index (χ0) is 31.4. The van der Waals surface area contributed by atoms with E-state index in [1.165, 1.54) is 12.8 Å². The lowest BCUT2D eigenvalue weighted by Gasteiger charge is -2.37. The molecular formula is C34H62ClN2O4P. The lowest BCUT2D eigenvalue weighted by atomic mass is 10.0. The van der Waals surface area contributed by atoms with Gasteiger partial charge in [-0.1, -0.05) is 36.5 Å². The first-order valence-electron chi connectivity index (χ1n) is 16.3. The molecule has 4 unspecified atom stereocenters. The van der Waals surface area contributed by atoms with E-state index in [4.69, 9.17) is 14.3 Å². The number of nitriles is 1. The van der Waals surface area contributed by atoms with Crippen LogP contribution in [0, 0.1) is 11.3 Å². The Balaban J connectivity index is 0.000000685. The van der Waals surface area contributed by atoms with Crippen LogP contribution in [0.4, 0.5) is 0 Å². The van der Waals surface area contributed by atoms with Gasteiger partial charge in [0.2, 0.25) is 0 Å². The van der Waals surface area contributed by atoms with Gasteiger partial charge in [-0.3, -0.25) is 0 Å². The summed E-state index contributed by atoms with van der Waals surface area (Å²) >= 11 is 4.64. The Morgan fingerprint density at radius 2 is 1.17 bits per heavy atom. The van der Waals surface area contributed by atoms with Crippen molar-refractivity contribution in [1.82, 2.24) is 4.67 Å². The van der Waals surface area contributed by atoms with E-state index in [0.29, 0.717) is 25.1 Å². The third-order valence-corrected chi connectivity index (χ3v) is 9.29. The summed E-state index contributed by atoms with van der Waals surface area (Å²) in [6, 6.07) is 2.87. The summed E-state index contributed by atoms with van der Waals surface area (Å²) in [7, 11) is -1.10. The van der Waals surface area contributed by atoms with E-state index in [9.17, 15) is 10.2 Å². The number of hydrogen-bond acceptors (Lipinski definition) is 6. The normalized spacial score (nSPS) is 25.9. The maximum Gasteiger partial charge on any atom is 0.259 e. The van der Waals surface area contributed by atoms with E-state index < -0.39 is 8.53 Å². The molecule has 0 aromatic heterocycles. The minimum Gasteiger partial charge on any atom is -0.393 e. The number of alkyl halides is 1. The van der Waals surface area contributed by atoms with Crippen molar-refractivity contribution in [3.8, 4) is 6.07 Å². The van der Waals surface area contributed by atoms with Gasteiger partial charge < -0.3 is 19.3 Å². The first kappa shape index (κ1) is 41.2. The topological polar surface area (TPSA) is 86.0 Å². The van der Waals surface area contributed by atoms with Gasteiger partial charge in [0.25, 0.3) is 8.53 Å². The van der Waals surface area contributed by atoms with Crippen LogP contribution in [0.15, 0.2) is 36.5 Å². The number of aliphatic hydroxyl groups excluding tert-OH is 2. The maximum atomic E-state index is 9.18. The van der Waals surface area contributed by atoms with Gasteiger partial charge in [0.15, 0.2) is 0 Å². The lowest BCUT2D eigenvalue weighted by Crippen LogP contribution is -2.34. The smallest absolute Gasteiger partial charge is 0.259 e. The zero-order valence-electron chi connectivity index (χ0n) is 27.3. The SMILES string of the molecule is CC(C)N(C(C)C)P(OCCC#N)OC1CC/C=C/CCC1.CCl.OC1CC/C=C/CCC1.OC1CC/C=C\CCC1. The van der Waals surface area contributed by atoms with Crippen molar-refractivity contribution >= 4 is 20.1 Å². The Labute approximate surface area is 265 Å². The Morgan fingerprint density at radius 3 is 1.62 bits per heavy atom. The number of rotatable bonds is 8. The fourth-order valence-corrected chi connectivity index (χ4v) is 6.70. The van der Waals surface area contributed by atoms with Crippen LogP contribution < -0.4 is 0 Å². The van der Waals surface area contributed by atoms with E-state index in [-0.39, 0.29) is 18.3 Å². The average molecular weight is 629 g/mol. The molecule has 0 aromatic carbocycles. The predicted molar refractivity (Wildman–Crippen MR) is 181 cm³/mol. The summed E-state index contributed by atoms with van der Waals surface area (Å²) in [4.78, 5) is 0. The molecule has 2 N–H and O–H groups in total. The van der Waals surface area contributed by atoms with Gasteiger partial charge >= 0.3 is 0 Å². The second-order valence-corrected chi connectivity index (χ2v) is 12.9. The Hall–Kier alpha value is -0.770. The highest BCUT2D eigenvalue weighted by atomic mass is 35.5. The molecule has 0 bridgehead atoms. The largest absolute Gasteiger partial charge is 0.393 e. The summed E-state index contributed by atoms with van der Waals surface area (Å²) in [5.74, 6) is 0. The molecule has 0 amide bonds. The Morgan fingerprint density at radius 1 is 0.738 bits per heavy atom. The van der Waals surface area contributed by atoms with Gasteiger partial charge in [0, 0.05) is 18.5 Å². The van der Waals surface area contributed by atoms with Crippen LogP contribution in [-0.2, 0) is 9.05 Å². The molecule has 0 heterocycles. The standard InChI is InChI=1S/C17H31N2O2P.2C8H14O.CH3Cl/c1-15(2)19(16(3)4)22(20-14-10-13-18)21-17-11-8-6-5-7-9-12-17;2*9-8-6-4-2-1-3-5-7-8;1-2/h5-6,15-17H,7-12,14H2,1-4H3;2*1-2,8-9H,3-7H2;1H3/b6-5+;2-1+;2-1-;. The molecule has 8 heteroatoms. The zero-order valence-corrected chi connectivity index (χ0v) is 29.0. The monoisotopic (exact) mass is 628 g/mol. The number of allylic oxidation sites excluding steroid dienone is 6. The van der Waals surface area contributed by atoms with Crippen LogP contribution in [-0.4, -0.2) is 58.3 Å². The Kier molecular flexibility index (Phi) is 28.4. The quantitative estimate of drug-likeness (QED) is 0.120. The average Bonchev–Trinajstić information content (AvgIpc) is 2.91. The molecule has 0 aliphatic heterocycles. The van der Waals surface area contributed by atoms with Crippen molar-refractivity contribution in [3.05, 3.63) is 36.5 Å². The minimum absolute atomic E-state index is 0.0325. The van der Waals surface area contributed by atoms with Crippen molar-refractivity contribution in [2.75, 3.05) is 13.0 Å². The number of aliphatic hydroxyl groups is 2. The third-order valence-electron chi connectivity index (χ3n) is 7.10. The van der Waals surface area contributed by atoms with Gasteiger partial charge in [-0.15, -0.1) is 11.6 Å². The summed E-state index contributed by atoms with van der Waals surface area (Å²) in [6.07, 6.45) is 31.5.